The predicted molar refractivity (Wildman–Crippen MR) is 154 cm³/mol. The predicted octanol–water partition coefficient (Wildman–Crippen LogP) is 7.44. The molecule has 4 aromatic rings. The smallest absolute Gasteiger partial charge is 0.416 e. The molecule has 0 bridgehead atoms. The molecule has 5 rings (SSSR count). The van der Waals surface area contributed by atoms with Gasteiger partial charge in [0.25, 0.3) is 11.8 Å². The van der Waals surface area contributed by atoms with Gasteiger partial charge in [0.1, 0.15) is 5.58 Å². The van der Waals surface area contributed by atoms with Crippen molar-refractivity contribution in [3.05, 3.63) is 116 Å². The van der Waals surface area contributed by atoms with Gasteiger partial charge in [-0.05, 0) is 79.8 Å². The summed E-state index contributed by atoms with van der Waals surface area (Å²) in [4.78, 5) is 40.5. The minimum Gasteiger partial charge on any atom is -0.451 e. The number of carbonyl (C=O) groups excluding carboxylic acids is 2. The van der Waals surface area contributed by atoms with E-state index in [-0.39, 0.29) is 43.2 Å². The van der Waals surface area contributed by atoms with Crippen LogP contribution in [0.25, 0.3) is 11.0 Å². The molecule has 1 aromatic heterocycles. The molecule has 0 saturated carbocycles. The molecule has 1 fully saturated rings. The lowest BCUT2D eigenvalue weighted by molar-refractivity contribution is -0.143. The van der Waals surface area contributed by atoms with E-state index in [9.17, 15) is 40.7 Å². The molecular formula is C32H25ClF6N2O4. The van der Waals surface area contributed by atoms with E-state index in [2.05, 4.69) is 5.32 Å². The number of hydrogen-bond donors (Lipinski definition) is 1. The highest BCUT2D eigenvalue weighted by atomic mass is 35.5. The molecule has 2 atom stereocenters. The molecule has 2 unspecified atom stereocenters. The Morgan fingerprint density at radius 1 is 0.933 bits per heavy atom. The van der Waals surface area contributed by atoms with Gasteiger partial charge >= 0.3 is 12.4 Å². The third-order valence-electron chi connectivity index (χ3n) is 7.64. The lowest BCUT2D eigenvalue weighted by atomic mass is 9.91. The summed E-state index contributed by atoms with van der Waals surface area (Å²) in [5, 5.41) is 3.54. The van der Waals surface area contributed by atoms with Crippen molar-refractivity contribution in [1.82, 2.24) is 10.2 Å². The minimum absolute atomic E-state index is 0.0315. The van der Waals surface area contributed by atoms with Crippen LogP contribution in [-0.2, 0) is 18.8 Å². The molecule has 0 radical (unpaired) electrons. The second-order valence-corrected chi connectivity index (χ2v) is 11.4. The topological polar surface area (TPSA) is 79.6 Å². The molecule has 45 heavy (non-hydrogen) atoms. The van der Waals surface area contributed by atoms with Crippen LogP contribution < -0.4 is 10.7 Å². The van der Waals surface area contributed by atoms with Gasteiger partial charge in [-0.25, -0.2) is 0 Å². The number of carbonyl (C=O) groups is 2. The van der Waals surface area contributed by atoms with E-state index in [4.69, 9.17) is 16.0 Å². The Morgan fingerprint density at radius 2 is 1.58 bits per heavy atom. The molecule has 236 valence electrons. The number of amides is 2. The van der Waals surface area contributed by atoms with E-state index in [0.717, 1.165) is 11.6 Å². The molecule has 2 heterocycles. The van der Waals surface area contributed by atoms with Crippen molar-refractivity contribution < 1.29 is 40.3 Å². The van der Waals surface area contributed by atoms with Crippen molar-refractivity contribution >= 4 is 34.4 Å². The monoisotopic (exact) mass is 650 g/mol. The van der Waals surface area contributed by atoms with Crippen molar-refractivity contribution in [2.45, 2.75) is 50.6 Å². The summed E-state index contributed by atoms with van der Waals surface area (Å²) in [6, 6.07) is 12.1. The van der Waals surface area contributed by atoms with Gasteiger partial charge in [-0.15, -0.1) is 0 Å². The van der Waals surface area contributed by atoms with E-state index < -0.39 is 58.4 Å². The number of fused-ring (bicyclic) bond motifs is 1. The van der Waals surface area contributed by atoms with Crippen molar-refractivity contribution in [3.8, 4) is 0 Å². The number of halogens is 7. The third kappa shape index (κ3) is 7.33. The van der Waals surface area contributed by atoms with Gasteiger partial charge in [0.05, 0.1) is 16.5 Å². The zero-order valence-corrected chi connectivity index (χ0v) is 24.3. The van der Waals surface area contributed by atoms with Gasteiger partial charge in [-0.3, -0.25) is 14.4 Å². The average Bonchev–Trinajstić information content (AvgIpc) is 2.96. The Kier molecular flexibility index (Phi) is 8.72. The summed E-state index contributed by atoms with van der Waals surface area (Å²) >= 11 is 5.98. The fraction of sp³-hybridized carbons (Fsp3) is 0.281. The van der Waals surface area contributed by atoms with Crippen LogP contribution in [0.4, 0.5) is 26.3 Å². The highest BCUT2D eigenvalue weighted by molar-refractivity contribution is 6.30. The lowest BCUT2D eigenvalue weighted by Crippen LogP contribution is -2.52. The highest BCUT2D eigenvalue weighted by Crippen LogP contribution is 2.37. The first-order chi connectivity index (χ1) is 21.1. The van der Waals surface area contributed by atoms with Crippen LogP contribution in [0.3, 0.4) is 0 Å². The molecule has 2 amide bonds. The fourth-order valence-electron chi connectivity index (χ4n) is 5.41. The van der Waals surface area contributed by atoms with Crippen molar-refractivity contribution in [2.24, 2.45) is 0 Å². The van der Waals surface area contributed by atoms with Crippen LogP contribution in [-0.4, -0.2) is 35.3 Å². The van der Waals surface area contributed by atoms with Crippen LogP contribution in [0.1, 0.15) is 56.0 Å². The zero-order chi connectivity index (χ0) is 32.7. The molecule has 0 spiro atoms. The Bertz CT molecular complexity index is 1790. The van der Waals surface area contributed by atoms with Gasteiger partial charge < -0.3 is 14.6 Å². The standard InChI is InChI=1S/C32H25ClF6N2O4/c1-17-2-7-25-26(42)16-28(45-27(25)10-17)29(43)40-23-8-9-41(24(15-23)11-18-3-5-22(33)6-4-18)30(44)19-12-20(31(34,35)36)14-21(13-19)32(37,38)39/h2-7,10,12-14,16,23-24H,8-9,11,15H2,1H3,(H,40,43). The van der Waals surface area contributed by atoms with Gasteiger partial charge in [0, 0.05) is 35.3 Å². The number of likely N-dealkylation sites (tertiary alicyclic amines) is 1. The number of piperidine rings is 1. The van der Waals surface area contributed by atoms with Crippen molar-refractivity contribution in [3.63, 3.8) is 0 Å². The molecular weight excluding hydrogens is 626 g/mol. The number of nitrogens with zero attached hydrogens (tertiary/aromatic N) is 1. The van der Waals surface area contributed by atoms with E-state index >= 15 is 0 Å². The Balaban J connectivity index is 1.43. The van der Waals surface area contributed by atoms with E-state index in [1.807, 2.05) is 0 Å². The summed E-state index contributed by atoms with van der Waals surface area (Å²) in [5.41, 5.74) is -2.62. The van der Waals surface area contributed by atoms with Crippen molar-refractivity contribution in [2.75, 3.05) is 6.54 Å². The summed E-state index contributed by atoms with van der Waals surface area (Å²) in [6.45, 7) is 1.71. The maximum atomic E-state index is 13.6. The van der Waals surface area contributed by atoms with Gasteiger partial charge in [0.15, 0.2) is 11.2 Å². The fourth-order valence-corrected chi connectivity index (χ4v) is 5.54. The number of hydrogen-bond acceptors (Lipinski definition) is 4. The summed E-state index contributed by atoms with van der Waals surface area (Å²) in [5.74, 6) is -1.92. The van der Waals surface area contributed by atoms with E-state index in [1.54, 1.807) is 49.4 Å². The Labute approximate surface area is 257 Å². The molecule has 6 nitrogen and oxygen atoms in total. The maximum Gasteiger partial charge on any atom is 0.416 e. The molecule has 3 aromatic carbocycles. The normalized spacial score (nSPS) is 17.4. The molecule has 13 heteroatoms. The largest absolute Gasteiger partial charge is 0.451 e. The highest BCUT2D eigenvalue weighted by Gasteiger charge is 2.39. The van der Waals surface area contributed by atoms with Gasteiger partial charge in [0.2, 0.25) is 0 Å². The van der Waals surface area contributed by atoms with Crippen LogP contribution in [0, 0.1) is 6.92 Å². The zero-order valence-electron chi connectivity index (χ0n) is 23.6. The Morgan fingerprint density at radius 3 is 2.20 bits per heavy atom. The second kappa shape index (κ2) is 12.2. The Hall–Kier alpha value is -4.32. The second-order valence-electron chi connectivity index (χ2n) is 10.9. The molecule has 1 N–H and O–H groups in total. The molecule has 1 aliphatic rings. The number of benzene rings is 3. The van der Waals surface area contributed by atoms with Crippen LogP contribution in [0.5, 0.6) is 0 Å². The maximum absolute atomic E-state index is 13.6. The summed E-state index contributed by atoms with van der Waals surface area (Å²) in [7, 11) is 0. The molecule has 1 aliphatic heterocycles. The van der Waals surface area contributed by atoms with Crippen LogP contribution in [0.2, 0.25) is 5.02 Å². The van der Waals surface area contributed by atoms with Gasteiger partial charge in [-0.1, -0.05) is 29.8 Å². The number of alkyl halides is 6. The first kappa shape index (κ1) is 32.1. The molecule has 1 saturated heterocycles. The number of aryl methyl sites for hydroxylation is 1. The first-order valence-corrected chi connectivity index (χ1v) is 14.2. The average molecular weight is 651 g/mol. The summed E-state index contributed by atoms with van der Waals surface area (Å²) < 4.78 is 86.8. The minimum atomic E-state index is -5.12. The number of rotatable bonds is 5. The van der Waals surface area contributed by atoms with E-state index in [1.165, 1.54) is 4.90 Å². The summed E-state index contributed by atoms with van der Waals surface area (Å²) in [6.07, 6.45) is -9.82. The van der Waals surface area contributed by atoms with E-state index in [0.29, 0.717) is 28.1 Å². The quantitative estimate of drug-likeness (QED) is 0.228. The van der Waals surface area contributed by atoms with Crippen molar-refractivity contribution in [1.29, 1.82) is 0 Å². The van der Waals surface area contributed by atoms with Crippen LogP contribution in [0.15, 0.2) is 75.9 Å². The SMILES string of the molecule is Cc1ccc2c(=O)cc(C(=O)NC3CCN(C(=O)c4cc(C(F)(F)F)cc(C(F)(F)F)c4)C(Cc4ccc(Cl)cc4)C3)oc2c1. The number of nitrogens with one attached hydrogen (secondary N) is 1. The van der Waals surface area contributed by atoms with Gasteiger partial charge in [-0.2, -0.15) is 26.3 Å². The third-order valence-corrected chi connectivity index (χ3v) is 7.89. The molecule has 0 aliphatic carbocycles. The first-order valence-electron chi connectivity index (χ1n) is 13.8. The lowest BCUT2D eigenvalue weighted by Gasteiger charge is -2.40. The van der Waals surface area contributed by atoms with Crippen LogP contribution >= 0.6 is 11.6 Å².